The first kappa shape index (κ1) is 18.3. The molecule has 0 radical (unpaired) electrons. The molecular weight excluding hydrogens is 286 g/mol. The van der Waals surface area contributed by atoms with Crippen LogP contribution < -0.4 is 5.32 Å². The van der Waals surface area contributed by atoms with Crippen molar-refractivity contribution >= 4 is 6.09 Å². The summed E-state index contributed by atoms with van der Waals surface area (Å²) >= 11 is 0. The van der Waals surface area contributed by atoms with Crippen LogP contribution in [0.3, 0.4) is 0 Å². The van der Waals surface area contributed by atoms with Gasteiger partial charge in [0.25, 0.3) is 0 Å². The fourth-order valence-corrected chi connectivity index (χ4v) is 1.98. The number of phenols is 1. The van der Waals surface area contributed by atoms with Crippen molar-refractivity contribution in [2.75, 3.05) is 6.54 Å². The molecule has 6 nitrogen and oxygen atoms in total. The molecule has 1 amide bonds. The Labute approximate surface area is 130 Å². The number of carbonyl (C=O) groups excluding carboxylic acids is 1. The lowest BCUT2D eigenvalue weighted by Crippen LogP contribution is -2.34. The van der Waals surface area contributed by atoms with E-state index in [0.717, 1.165) is 5.56 Å². The molecule has 1 rings (SSSR count). The number of carbonyl (C=O) groups is 1. The summed E-state index contributed by atoms with van der Waals surface area (Å²) in [5.74, 6) is 0.0353. The molecule has 2 atom stereocenters. The summed E-state index contributed by atoms with van der Waals surface area (Å²) in [6.07, 6.45) is -2.60. The van der Waals surface area contributed by atoms with Gasteiger partial charge in [-0.1, -0.05) is 6.07 Å². The van der Waals surface area contributed by atoms with Gasteiger partial charge in [-0.2, -0.15) is 0 Å². The van der Waals surface area contributed by atoms with Crippen LogP contribution in [0.25, 0.3) is 0 Å². The molecule has 0 aromatic heterocycles. The number of phenolic OH excluding ortho intramolecular Hbond substituents is 1. The average molecular weight is 311 g/mol. The molecular formula is C16H25NO5. The van der Waals surface area contributed by atoms with E-state index in [1.165, 1.54) is 6.07 Å². The van der Waals surface area contributed by atoms with Crippen molar-refractivity contribution in [2.45, 2.75) is 51.9 Å². The number of nitrogens with one attached hydrogen (secondary N) is 1. The molecule has 1 aromatic carbocycles. The average Bonchev–Trinajstić information content (AvgIpc) is 2.34. The molecule has 0 saturated carbocycles. The Bertz CT molecular complexity index is 489. The van der Waals surface area contributed by atoms with Gasteiger partial charge in [-0.3, -0.25) is 0 Å². The Morgan fingerprint density at radius 2 is 1.91 bits per heavy atom. The largest absolute Gasteiger partial charge is 0.508 e. The second kappa shape index (κ2) is 7.47. The van der Waals surface area contributed by atoms with Gasteiger partial charge >= 0.3 is 6.09 Å². The minimum absolute atomic E-state index is 0.0353. The third-order valence-corrected chi connectivity index (χ3v) is 2.90. The van der Waals surface area contributed by atoms with E-state index in [9.17, 15) is 20.1 Å². The zero-order chi connectivity index (χ0) is 16.9. The van der Waals surface area contributed by atoms with Crippen LogP contribution in [-0.2, 0) is 4.74 Å². The van der Waals surface area contributed by atoms with Gasteiger partial charge in [-0.15, -0.1) is 0 Å². The maximum atomic E-state index is 11.5. The van der Waals surface area contributed by atoms with Crippen LogP contribution in [-0.4, -0.2) is 39.7 Å². The van der Waals surface area contributed by atoms with Crippen LogP contribution in [0.5, 0.6) is 5.75 Å². The number of aromatic hydroxyl groups is 1. The first-order chi connectivity index (χ1) is 10.1. The highest BCUT2D eigenvalue weighted by Gasteiger charge is 2.20. The summed E-state index contributed by atoms with van der Waals surface area (Å²) < 4.78 is 5.07. The number of hydrogen-bond donors (Lipinski definition) is 4. The molecule has 22 heavy (non-hydrogen) atoms. The lowest BCUT2D eigenvalue weighted by atomic mass is 10.00. The number of hydrogen-bond acceptors (Lipinski definition) is 5. The van der Waals surface area contributed by atoms with E-state index in [1.807, 2.05) is 0 Å². The van der Waals surface area contributed by atoms with E-state index in [-0.39, 0.29) is 18.7 Å². The first-order valence-electron chi connectivity index (χ1n) is 7.22. The van der Waals surface area contributed by atoms with E-state index in [2.05, 4.69) is 5.32 Å². The van der Waals surface area contributed by atoms with E-state index in [4.69, 9.17) is 4.74 Å². The van der Waals surface area contributed by atoms with E-state index < -0.39 is 23.9 Å². The van der Waals surface area contributed by atoms with Gasteiger partial charge in [0, 0.05) is 6.54 Å². The molecule has 0 aliphatic carbocycles. The van der Waals surface area contributed by atoms with E-state index in [1.54, 1.807) is 39.8 Å². The van der Waals surface area contributed by atoms with Gasteiger partial charge in [0.05, 0.1) is 6.10 Å². The molecule has 0 spiro atoms. The summed E-state index contributed by atoms with van der Waals surface area (Å²) in [6.45, 7) is 7.23. The standard InChI is InChI=1S/C16H25NO5/c1-10-7-11(9-12(18)8-10)14(20)13(19)5-6-17-15(21)22-16(2,3)4/h7-9,13-14,18-20H,5-6H2,1-4H3,(H,17,21). The number of aliphatic hydroxyl groups is 2. The molecule has 0 heterocycles. The zero-order valence-electron chi connectivity index (χ0n) is 13.5. The van der Waals surface area contributed by atoms with Crippen LogP contribution in [0.15, 0.2) is 18.2 Å². The van der Waals surface area contributed by atoms with E-state index >= 15 is 0 Å². The van der Waals surface area contributed by atoms with Crippen molar-refractivity contribution in [3.05, 3.63) is 29.3 Å². The fourth-order valence-electron chi connectivity index (χ4n) is 1.98. The summed E-state index contributed by atoms with van der Waals surface area (Å²) in [6, 6.07) is 4.66. The van der Waals surface area contributed by atoms with Crippen LogP contribution >= 0.6 is 0 Å². The lowest BCUT2D eigenvalue weighted by molar-refractivity contribution is 0.0122. The van der Waals surface area contributed by atoms with Crippen LogP contribution in [0, 0.1) is 6.92 Å². The molecule has 0 saturated heterocycles. The molecule has 124 valence electrons. The summed E-state index contributed by atoms with van der Waals surface area (Å²) in [5, 5.41) is 32.1. The van der Waals surface area contributed by atoms with Gasteiger partial charge in [-0.25, -0.2) is 4.79 Å². The maximum Gasteiger partial charge on any atom is 0.407 e. The smallest absolute Gasteiger partial charge is 0.407 e. The maximum absolute atomic E-state index is 11.5. The lowest BCUT2D eigenvalue weighted by Gasteiger charge is -2.21. The van der Waals surface area contributed by atoms with Crippen molar-refractivity contribution in [1.82, 2.24) is 5.32 Å². The van der Waals surface area contributed by atoms with Crippen molar-refractivity contribution in [3.63, 3.8) is 0 Å². The zero-order valence-corrected chi connectivity index (χ0v) is 13.5. The minimum Gasteiger partial charge on any atom is -0.508 e. The summed E-state index contributed by atoms with van der Waals surface area (Å²) in [7, 11) is 0. The summed E-state index contributed by atoms with van der Waals surface area (Å²) in [4.78, 5) is 11.5. The highest BCUT2D eigenvalue weighted by molar-refractivity contribution is 5.67. The Hall–Kier alpha value is -1.79. The minimum atomic E-state index is -1.13. The predicted molar refractivity (Wildman–Crippen MR) is 82.7 cm³/mol. The Kier molecular flexibility index (Phi) is 6.20. The third-order valence-electron chi connectivity index (χ3n) is 2.90. The van der Waals surface area contributed by atoms with E-state index in [0.29, 0.717) is 5.56 Å². The summed E-state index contributed by atoms with van der Waals surface area (Å²) in [5.41, 5.74) is 0.636. The normalized spacial score (nSPS) is 14.3. The van der Waals surface area contributed by atoms with Crippen LogP contribution in [0.4, 0.5) is 4.79 Å². The Morgan fingerprint density at radius 3 is 2.45 bits per heavy atom. The molecule has 2 unspecified atom stereocenters. The molecule has 0 bridgehead atoms. The van der Waals surface area contributed by atoms with Crippen LogP contribution in [0.2, 0.25) is 0 Å². The highest BCUT2D eigenvalue weighted by Crippen LogP contribution is 2.24. The number of rotatable bonds is 5. The van der Waals surface area contributed by atoms with Gasteiger partial charge in [0.15, 0.2) is 0 Å². The number of amides is 1. The molecule has 4 N–H and O–H groups in total. The monoisotopic (exact) mass is 311 g/mol. The quantitative estimate of drug-likeness (QED) is 0.666. The Balaban J connectivity index is 2.48. The SMILES string of the molecule is Cc1cc(O)cc(C(O)C(O)CCNC(=O)OC(C)(C)C)c1. The van der Waals surface area contributed by atoms with Crippen molar-refractivity contribution in [1.29, 1.82) is 0 Å². The molecule has 0 fully saturated rings. The second-order valence-electron chi connectivity index (χ2n) is 6.33. The van der Waals surface area contributed by atoms with Gasteiger partial charge < -0.3 is 25.4 Å². The topological polar surface area (TPSA) is 99.0 Å². The number of ether oxygens (including phenoxy) is 1. The number of benzene rings is 1. The fraction of sp³-hybridized carbons (Fsp3) is 0.562. The highest BCUT2D eigenvalue weighted by atomic mass is 16.6. The number of aliphatic hydroxyl groups excluding tert-OH is 2. The van der Waals surface area contributed by atoms with Crippen molar-refractivity contribution in [2.24, 2.45) is 0 Å². The number of alkyl carbamates (subject to hydrolysis) is 1. The number of aryl methyl sites for hydroxylation is 1. The predicted octanol–water partition coefficient (Wildman–Crippen LogP) is 2.01. The molecule has 0 aliphatic rings. The second-order valence-corrected chi connectivity index (χ2v) is 6.33. The Morgan fingerprint density at radius 1 is 1.27 bits per heavy atom. The van der Waals surface area contributed by atoms with Gasteiger partial charge in [-0.05, 0) is 57.4 Å². The third kappa shape index (κ3) is 6.32. The van der Waals surface area contributed by atoms with Crippen LogP contribution in [0.1, 0.15) is 44.4 Å². The first-order valence-corrected chi connectivity index (χ1v) is 7.22. The van der Waals surface area contributed by atoms with Gasteiger partial charge in [0.1, 0.15) is 17.5 Å². The van der Waals surface area contributed by atoms with Crippen molar-refractivity contribution in [3.8, 4) is 5.75 Å². The molecule has 6 heteroatoms. The molecule has 0 aliphatic heterocycles. The molecule has 1 aromatic rings. The van der Waals surface area contributed by atoms with Gasteiger partial charge in [0.2, 0.25) is 0 Å². The van der Waals surface area contributed by atoms with Crippen molar-refractivity contribution < 1.29 is 24.9 Å².